The molecule has 0 spiro atoms. The number of fused-ring (bicyclic) bond motifs is 3. The van der Waals surface area contributed by atoms with E-state index in [-0.39, 0.29) is 19.1 Å². The smallest absolute Gasteiger partial charge is 0.407 e. The molecule has 2 unspecified atom stereocenters. The highest BCUT2D eigenvalue weighted by Gasteiger charge is 2.29. The fraction of sp³-hybridized carbons (Fsp3) is 0.240. The number of rotatable bonds is 7. The summed E-state index contributed by atoms with van der Waals surface area (Å²) in [5.74, 6) is 0.340. The molecular formula is C25H26N2O5. The number of aliphatic hydroxyl groups is 2. The molecule has 3 aromatic rings. The lowest BCUT2D eigenvalue weighted by atomic mass is 9.98. The number of hydrogen-bond donors (Lipinski definition) is 4. The maximum absolute atomic E-state index is 12.3. The zero-order valence-corrected chi connectivity index (χ0v) is 17.7. The third-order valence-corrected chi connectivity index (χ3v) is 5.74. The molecule has 166 valence electrons. The number of hydrogen-bond acceptors (Lipinski definition) is 6. The van der Waals surface area contributed by atoms with Gasteiger partial charge >= 0.3 is 6.09 Å². The molecule has 3 aromatic carbocycles. The minimum absolute atomic E-state index is 0.0554. The summed E-state index contributed by atoms with van der Waals surface area (Å²) >= 11 is 0. The van der Waals surface area contributed by atoms with Gasteiger partial charge in [0.25, 0.3) is 0 Å². The molecule has 4 rings (SSSR count). The van der Waals surface area contributed by atoms with E-state index < -0.39 is 18.3 Å². The Hall–Kier alpha value is -3.55. The monoisotopic (exact) mass is 434 g/mol. The van der Waals surface area contributed by atoms with Crippen LogP contribution in [0.2, 0.25) is 0 Å². The van der Waals surface area contributed by atoms with Gasteiger partial charge in [-0.2, -0.15) is 0 Å². The number of methoxy groups -OCH3 is 1. The second-order valence-electron chi connectivity index (χ2n) is 7.72. The lowest BCUT2D eigenvalue weighted by Gasteiger charge is -2.21. The molecule has 1 aliphatic rings. The number of nitrogen functional groups attached to an aromatic ring is 1. The lowest BCUT2D eigenvalue weighted by molar-refractivity contribution is 0.0173. The van der Waals surface area contributed by atoms with Crippen molar-refractivity contribution in [2.24, 2.45) is 0 Å². The van der Waals surface area contributed by atoms with E-state index in [9.17, 15) is 15.0 Å². The highest BCUT2D eigenvalue weighted by atomic mass is 16.5. The first-order valence-electron chi connectivity index (χ1n) is 10.4. The second-order valence-corrected chi connectivity index (χ2v) is 7.72. The molecule has 32 heavy (non-hydrogen) atoms. The Labute approximate surface area is 186 Å². The molecule has 0 aromatic heterocycles. The molecule has 1 aliphatic carbocycles. The number of carbonyl (C=O) groups excluding carboxylic acids is 1. The predicted molar refractivity (Wildman–Crippen MR) is 121 cm³/mol. The molecule has 0 radical (unpaired) electrons. The summed E-state index contributed by atoms with van der Waals surface area (Å²) in [6, 6.07) is 20.9. The first-order chi connectivity index (χ1) is 15.5. The minimum atomic E-state index is -1.29. The Balaban J connectivity index is 1.36. The fourth-order valence-corrected chi connectivity index (χ4v) is 4.14. The van der Waals surface area contributed by atoms with E-state index in [0.29, 0.717) is 17.0 Å². The van der Waals surface area contributed by atoms with Gasteiger partial charge in [0.15, 0.2) is 0 Å². The summed E-state index contributed by atoms with van der Waals surface area (Å²) in [5, 5.41) is 23.3. The first-order valence-corrected chi connectivity index (χ1v) is 10.4. The molecule has 5 N–H and O–H groups in total. The van der Waals surface area contributed by atoms with E-state index in [2.05, 4.69) is 17.4 Å². The Bertz CT molecular complexity index is 1070. The number of anilines is 1. The van der Waals surface area contributed by atoms with E-state index in [1.807, 2.05) is 36.4 Å². The summed E-state index contributed by atoms with van der Waals surface area (Å²) < 4.78 is 10.7. The maximum atomic E-state index is 12.3. The van der Waals surface area contributed by atoms with Gasteiger partial charge in [0.1, 0.15) is 24.6 Å². The van der Waals surface area contributed by atoms with Crippen molar-refractivity contribution in [3.63, 3.8) is 0 Å². The number of nitrogens with one attached hydrogen (secondary N) is 1. The van der Waals surface area contributed by atoms with Crippen molar-refractivity contribution < 1.29 is 24.5 Å². The van der Waals surface area contributed by atoms with Gasteiger partial charge in [0, 0.05) is 23.7 Å². The van der Waals surface area contributed by atoms with E-state index in [1.54, 1.807) is 12.1 Å². The van der Waals surface area contributed by atoms with Crippen LogP contribution < -0.4 is 15.8 Å². The van der Waals surface area contributed by atoms with Crippen molar-refractivity contribution >= 4 is 11.8 Å². The molecule has 0 saturated carbocycles. The van der Waals surface area contributed by atoms with Crippen LogP contribution in [0.25, 0.3) is 11.1 Å². The van der Waals surface area contributed by atoms with Gasteiger partial charge in [-0.05, 0) is 40.5 Å². The molecule has 0 aliphatic heterocycles. The van der Waals surface area contributed by atoms with Crippen LogP contribution in [0, 0.1) is 0 Å². The van der Waals surface area contributed by atoms with Gasteiger partial charge in [0.2, 0.25) is 0 Å². The van der Waals surface area contributed by atoms with Crippen LogP contribution in [-0.2, 0) is 4.74 Å². The number of alkyl carbamates (subject to hydrolysis) is 1. The van der Waals surface area contributed by atoms with Crippen LogP contribution in [0.15, 0.2) is 66.7 Å². The van der Waals surface area contributed by atoms with E-state index in [0.717, 1.165) is 22.3 Å². The first kappa shape index (κ1) is 21.7. The van der Waals surface area contributed by atoms with Crippen LogP contribution in [-0.4, -0.2) is 42.7 Å². The molecule has 2 atom stereocenters. The van der Waals surface area contributed by atoms with Gasteiger partial charge in [0.05, 0.1) is 7.11 Å². The topological polar surface area (TPSA) is 114 Å². The van der Waals surface area contributed by atoms with Gasteiger partial charge in [-0.1, -0.05) is 48.5 Å². The van der Waals surface area contributed by atoms with Crippen LogP contribution in [0.5, 0.6) is 5.75 Å². The molecular weight excluding hydrogens is 408 g/mol. The molecule has 1 amide bonds. The van der Waals surface area contributed by atoms with Crippen molar-refractivity contribution in [2.75, 3.05) is 26.0 Å². The average Bonchev–Trinajstić information content (AvgIpc) is 3.14. The third-order valence-electron chi connectivity index (χ3n) is 5.74. The van der Waals surface area contributed by atoms with E-state index in [1.165, 1.54) is 13.2 Å². The highest BCUT2D eigenvalue weighted by molar-refractivity contribution is 5.79. The Morgan fingerprint density at radius 3 is 2.28 bits per heavy atom. The quantitative estimate of drug-likeness (QED) is 0.425. The van der Waals surface area contributed by atoms with Gasteiger partial charge in [-0.15, -0.1) is 0 Å². The predicted octanol–water partition coefficient (Wildman–Crippen LogP) is 3.21. The summed E-state index contributed by atoms with van der Waals surface area (Å²) in [4.78, 5) is 12.3. The van der Waals surface area contributed by atoms with Gasteiger partial charge < -0.3 is 30.7 Å². The lowest BCUT2D eigenvalue weighted by Crippen LogP contribution is -2.36. The third kappa shape index (κ3) is 4.26. The zero-order valence-electron chi connectivity index (χ0n) is 17.7. The molecule has 0 fully saturated rings. The zero-order chi connectivity index (χ0) is 22.7. The van der Waals surface area contributed by atoms with Crippen molar-refractivity contribution in [3.8, 4) is 16.9 Å². The van der Waals surface area contributed by atoms with Crippen molar-refractivity contribution in [3.05, 3.63) is 83.4 Å². The summed E-state index contributed by atoms with van der Waals surface area (Å²) in [6.07, 6.45) is -3.23. The van der Waals surface area contributed by atoms with E-state index in [4.69, 9.17) is 15.2 Å². The molecule has 7 nitrogen and oxygen atoms in total. The minimum Gasteiger partial charge on any atom is -0.496 e. The summed E-state index contributed by atoms with van der Waals surface area (Å²) in [6.45, 7) is -0.0304. The van der Waals surface area contributed by atoms with Crippen molar-refractivity contribution in [2.45, 2.75) is 18.1 Å². The normalized spacial score (nSPS) is 14.2. The standard InChI is InChI=1S/C25H26N2O5/c1-31-23-11-10-15(26)12-20(23)24(29)22(28)13-27-25(30)32-14-21-18-8-4-2-6-16(18)17-7-3-5-9-19(17)21/h2-12,21-22,24,28-29H,13-14,26H2,1H3,(H,27,30). The van der Waals surface area contributed by atoms with Gasteiger partial charge in [-0.25, -0.2) is 4.79 Å². The summed E-state index contributed by atoms with van der Waals surface area (Å²) in [5.41, 5.74) is 11.1. The average molecular weight is 434 g/mol. The number of carbonyl (C=O) groups is 1. The number of nitrogens with two attached hydrogens (primary N) is 1. The van der Waals surface area contributed by atoms with Crippen molar-refractivity contribution in [1.82, 2.24) is 5.32 Å². The Kier molecular flexibility index (Phi) is 6.30. The maximum Gasteiger partial charge on any atom is 0.407 e. The second kappa shape index (κ2) is 9.30. The number of aliphatic hydroxyl groups excluding tert-OH is 2. The number of benzene rings is 3. The van der Waals surface area contributed by atoms with Gasteiger partial charge in [-0.3, -0.25) is 0 Å². The highest BCUT2D eigenvalue weighted by Crippen LogP contribution is 2.44. The van der Waals surface area contributed by atoms with Crippen LogP contribution >= 0.6 is 0 Å². The van der Waals surface area contributed by atoms with Crippen LogP contribution in [0.4, 0.5) is 10.5 Å². The molecule has 0 saturated heterocycles. The van der Waals surface area contributed by atoms with Crippen LogP contribution in [0.1, 0.15) is 28.7 Å². The number of amides is 1. The number of ether oxygens (including phenoxy) is 2. The molecule has 7 heteroatoms. The fourth-order valence-electron chi connectivity index (χ4n) is 4.14. The SMILES string of the molecule is COc1ccc(N)cc1C(O)C(O)CNC(=O)OCC1c2ccccc2-c2ccccc21. The molecule has 0 heterocycles. The molecule has 0 bridgehead atoms. The Morgan fingerprint density at radius 1 is 1.03 bits per heavy atom. The van der Waals surface area contributed by atoms with Crippen molar-refractivity contribution in [1.29, 1.82) is 0 Å². The van der Waals surface area contributed by atoms with E-state index >= 15 is 0 Å². The van der Waals surface area contributed by atoms with Crippen LogP contribution in [0.3, 0.4) is 0 Å². The Morgan fingerprint density at radius 2 is 1.66 bits per heavy atom. The summed E-state index contributed by atoms with van der Waals surface area (Å²) in [7, 11) is 1.46. The largest absolute Gasteiger partial charge is 0.496 e.